The maximum absolute atomic E-state index is 13.3. The highest BCUT2D eigenvalue weighted by Crippen LogP contribution is 2.26. The van der Waals surface area contributed by atoms with Crippen molar-refractivity contribution in [1.29, 1.82) is 0 Å². The summed E-state index contributed by atoms with van der Waals surface area (Å²) in [6.45, 7) is 2.85. The number of benzene rings is 2. The minimum absolute atomic E-state index is 0.0277. The van der Waals surface area contributed by atoms with Crippen LogP contribution in [0.5, 0.6) is 0 Å². The largest absolute Gasteiger partial charge is 0.478 e. The molecular formula is C27H28Cl3N7O6. The summed E-state index contributed by atoms with van der Waals surface area (Å²) in [6.07, 6.45) is 0.340. The van der Waals surface area contributed by atoms with Crippen LogP contribution in [0.15, 0.2) is 58.4 Å². The van der Waals surface area contributed by atoms with Crippen LogP contribution >= 0.6 is 34.8 Å². The van der Waals surface area contributed by atoms with Crippen LogP contribution < -0.4 is 27.7 Å². The molecule has 43 heavy (non-hydrogen) atoms. The SMILES string of the molecule is CC(C)Nc1ncc(-c2cc(N)cc(C(=O)O)c2)n(CC(=O)NCc2ccc(C(N)=NC(=O)OCC(Cl)(Cl)Cl)cc2)c1=O. The highest BCUT2D eigenvalue weighted by atomic mass is 35.6. The van der Waals surface area contributed by atoms with Gasteiger partial charge in [-0.3, -0.25) is 14.2 Å². The number of carboxylic acids is 1. The van der Waals surface area contributed by atoms with Crippen LogP contribution in [0, 0.1) is 0 Å². The van der Waals surface area contributed by atoms with Crippen molar-refractivity contribution in [3.63, 3.8) is 0 Å². The van der Waals surface area contributed by atoms with E-state index in [1.54, 1.807) is 24.3 Å². The van der Waals surface area contributed by atoms with Gasteiger partial charge in [0.05, 0.1) is 17.5 Å². The number of alkyl halides is 3. The molecule has 3 rings (SSSR count). The number of ether oxygens (including phenoxy) is 1. The number of rotatable bonds is 10. The molecule has 0 fully saturated rings. The first-order chi connectivity index (χ1) is 20.1. The van der Waals surface area contributed by atoms with Crippen LogP contribution in [0.3, 0.4) is 0 Å². The van der Waals surface area contributed by atoms with Gasteiger partial charge in [-0.2, -0.15) is 4.99 Å². The van der Waals surface area contributed by atoms with E-state index in [9.17, 15) is 24.3 Å². The molecule has 16 heteroatoms. The molecule has 1 aromatic heterocycles. The summed E-state index contributed by atoms with van der Waals surface area (Å²) in [6, 6.07) is 10.5. The Morgan fingerprint density at radius 3 is 2.40 bits per heavy atom. The number of hydrogen-bond acceptors (Lipinski definition) is 8. The van der Waals surface area contributed by atoms with Crippen LogP contribution in [-0.2, 0) is 22.6 Å². The quantitative estimate of drug-likeness (QED) is 0.0932. The molecular weight excluding hydrogens is 625 g/mol. The molecule has 0 aliphatic carbocycles. The molecule has 13 nitrogen and oxygen atoms in total. The molecule has 0 atom stereocenters. The first-order valence-electron chi connectivity index (χ1n) is 12.6. The number of hydrogen-bond donors (Lipinski definition) is 5. The zero-order valence-electron chi connectivity index (χ0n) is 22.9. The van der Waals surface area contributed by atoms with E-state index in [-0.39, 0.29) is 41.2 Å². The van der Waals surface area contributed by atoms with Crippen molar-refractivity contribution in [2.24, 2.45) is 10.7 Å². The maximum atomic E-state index is 13.3. The van der Waals surface area contributed by atoms with E-state index in [0.29, 0.717) is 16.7 Å². The number of carboxylic acid groups (broad SMARTS) is 1. The van der Waals surface area contributed by atoms with Gasteiger partial charge in [0, 0.05) is 29.4 Å². The summed E-state index contributed by atoms with van der Waals surface area (Å²) in [5, 5.41) is 15.1. The van der Waals surface area contributed by atoms with E-state index in [1.165, 1.54) is 29.0 Å². The number of aromatic carboxylic acids is 1. The van der Waals surface area contributed by atoms with Crippen molar-refractivity contribution in [2.45, 2.75) is 36.8 Å². The average Bonchev–Trinajstić information content (AvgIpc) is 2.92. The Balaban J connectivity index is 1.77. The zero-order valence-corrected chi connectivity index (χ0v) is 25.2. The summed E-state index contributed by atoms with van der Waals surface area (Å²) in [5.74, 6) is -1.81. The number of nitrogens with one attached hydrogen (secondary N) is 2. The monoisotopic (exact) mass is 651 g/mol. The van der Waals surface area contributed by atoms with E-state index >= 15 is 0 Å². The minimum Gasteiger partial charge on any atom is -0.478 e. The molecule has 2 amide bonds. The molecule has 0 saturated carbocycles. The van der Waals surface area contributed by atoms with Crippen molar-refractivity contribution in [2.75, 3.05) is 17.7 Å². The van der Waals surface area contributed by atoms with E-state index in [2.05, 4.69) is 20.6 Å². The van der Waals surface area contributed by atoms with Gasteiger partial charge < -0.3 is 31.9 Å². The highest BCUT2D eigenvalue weighted by molar-refractivity contribution is 6.67. The molecule has 0 unspecified atom stereocenters. The Labute approximate surface area is 260 Å². The van der Waals surface area contributed by atoms with E-state index < -0.39 is 40.5 Å². The molecule has 0 bridgehead atoms. The Hall–Kier alpha value is -4.33. The Morgan fingerprint density at radius 1 is 1.12 bits per heavy atom. The summed E-state index contributed by atoms with van der Waals surface area (Å²) < 4.78 is 4.12. The number of nitrogens with two attached hydrogens (primary N) is 2. The number of anilines is 2. The third-order valence-electron chi connectivity index (χ3n) is 5.59. The molecule has 0 aliphatic heterocycles. The lowest BCUT2D eigenvalue weighted by Gasteiger charge is -2.17. The van der Waals surface area contributed by atoms with Crippen LogP contribution in [0.2, 0.25) is 0 Å². The molecule has 1 heterocycles. The highest BCUT2D eigenvalue weighted by Gasteiger charge is 2.22. The number of aliphatic imine (C=N–C) groups is 1. The van der Waals surface area contributed by atoms with Crippen LogP contribution in [0.25, 0.3) is 11.3 Å². The van der Waals surface area contributed by atoms with Crippen molar-refractivity contribution in [3.8, 4) is 11.3 Å². The van der Waals surface area contributed by atoms with Crippen molar-refractivity contribution >= 4 is 70.1 Å². The first kappa shape index (κ1) is 33.2. The molecule has 0 spiro atoms. The summed E-state index contributed by atoms with van der Waals surface area (Å²) >= 11 is 16.6. The number of halogens is 3. The second-order valence-electron chi connectivity index (χ2n) is 9.47. The van der Waals surface area contributed by atoms with Gasteiger partial charge in [-0.05, 0) is 37.6 Å². The lowest BCUT2D eigenvalue weighted by molar-refractivity contribution is -0.121. The van der Waals surface area contributed by atoms with Crippen LogP contribution in [-0.4, -0.2) is 54.9 Å². The zero-order chi connectivity index (χ0) is 31.9. The number of carbonyl (C=O) groups is 3. The number of amidine groups is 1. The first-order valence-corrected chi connectivity index (χ1v) is 13.7. The van der Waals surface area contributed by atoms with Gasteiger partial charge in [0.15, 0.2) is 5.82 Å². The Bertz CT molecular complexity index is 1600. The molecule has 0 radical (unpaired) electrons. The summed E-state index contributed by atoms with van der Waals surface area (Å²) in [4.78, 5) is 57.4. The second-order valence-corrected chi connectivity index (χ2v) is 12.0. The van der Waals surface area contributed by atoms with Crippen molar-refractivity contribution in [3.05, 3.63) is 75.7 Å². The van der Waals surface area contributed by atoms with Crippen LogP contribution in [0.4, 0.5) is 16.3 Å². The fourth-order valence-electron chi connectivity index (χ4n) is 3.70. The van der Waals surface area contributed by atoms with Gasteiger partial charge >= 0.3 is 12.1 Å². The van der Waals surface area contributed by atoms with Gasteiger partial charge in [-0.1, -0.05) is 59.1 Å². The number of nitrogens with zero attached hydrogens (tertiary/aromatic N) is 3. The second kappa shape index (κ2) is 14.2. The van der Waals surface area contributed by atoms with E-state index in [1.807, 2.05) is 13.8 Å². The van der Waals surface area contributed by atoms with Gasteiger partial charge in [-0.15, -0.1) is 0 Å². The number of amides is 2. The predicted octanol–water partition coefficient (Wildman–Crippen LogP) is 3.54. The Kier molecular flexibility index (Phi) is 11.0. The Morgan fingerprint density at radius 2 is 1.79 bits per heavy atom. The van der Waals surface area contributed by atoms with Crippen molar-refractivity contribution in [1.82, 2.24) is 14.9 Å². The van der Waals surface area contributed by atoms with Crippen molar-refractivity contribution < 1.29 is 24.2 Å². The molecule has 0 aliphatic rings. The smallest absolute Gasteiger partial charge is 0.435 e. The predicted molar refractivity (Wildman–Crippen MR) is 165 cm³/mol. The van der Waals surface area contributed by atoms with E-state index in [0.717, 1.165) is 0 Å². The minimum atomic E-state index is -1.79. The number of nitrogen functional groups attached to an aromatic ring is 1. The maximum Gasteiger partial charge on any atom is 0.435 e. The summed E-state index contributed by atoms with van der Waals surface area (Å²) in [7, 11) is 0. The van der Waals surface area contributed by atoms with Gasteiger partial charge in [0.25, 0.3) is 5.56 Å². The molecule has 3 aromatic rings. The average molecular weight is 653 g/mol. The van der Waals surface area contributed by atoms with E-state index in [4.69, 9.17) is 51.0 Å². The standard InChI is InChI=1S/C27H28Cl3N7O6/c1-14(2)35-23-24(39)37(20(11-34-23)17-7-18(25(40)41)9-19(31)8-17)12-21(38)33-10-15-3-5-16(6-4-15)22(32)36-26(42)43-13-27(28,29)30/h3-9,11,14H,10,12-13,31H2,1-2H3,(H,33,38)(H,34,35)(H,40,41)(H2,32,36,42). The molecule has 0 saturated heterocycles. The lowest BCUT2D eigenvalue weighted by Crippen LogP contribution is -2.35. The fourth-order valence-corrected chi connectivity index (χ4v) is 3.87. The molecule has 7 N–H and O–H groups in total. The lowest BCUT2D eigenvalue weighted by atomic mass is 10.1. The molecule has 228 valence electrons. The molecule has 2 aromatic carbocycles. The van der Waals surface area contributed by atoms with Gasteiger partial charge in [0.1, 0.15) is 19.0 Å². The van der Waals surface area contributed by atoms with Gasteiger partial charge in [0.2, 0.25) is 9.70 Å². The normalized spacial score (nSPS) is 11.7. The third-order valence-corrected chi connectivity index (χ3v) is 5.92. The number of carbonyl (C=O) groups excluding carboxylic acids is 2. The third kappa shape index (κ3) is 9.87. The topological polar surface area (TPSA) is 204 Å². The van der Waals surface area contributed by atoms with Gasteiger partial charge in [-0.25, -0.2) is 14.6 Å². The summed E-state index contributed by atoms with van der Waals surface area (Å²) in [5.41, 5.74) is 12.8. The number of aromatic nitrogens is 2. The fraction of sp³-hybridized carbons (Fsp3) is 0.259. The van der Waals surface area contributed by atoms with Crippen LogP contribution in [0.1, 0.15) is 35.3 Å².